The lowest BCUT2D eigenvalue weighted by atomic mass is 10.0. The van der Waals surface area contributed by atoms with Crippen LogP contribution in [0.25, 0.3) is 0 Å². The third-order valence-corrected chi connectivity index (χ3v) is 3.92. The highest BCUT2D eigenvalue weighted by Crippen LogP contribution is 2.29. The van der Waals surface area contributed by atoms with Crippen molar-refractivity contribution in [1.82, 2.24) is 10.2 Å². The number of para-hydroxylation sites is 1. The SMILES string of the molecule is CCOC(=O)CN1C(=O)C(NC(=O)O)N=C(CN(C)C)c2cccc(C)c21. The minimum Gasteiger partial charge on any atom is -0.465 e. The molecule has 2 rings (SSSR count). The Labute approximate surface area is 157 Å². The number of hydrogen-bond donors (Lipinski definition) is 2. The average Bonchev–Trinajstić information content (AvgIpc) is 2.66. The van der Waals surface area contributed by atoms with Gasteiger partial charge in [-0.2, -0.15) is 0 Å². The minimum absolute atomic E-state index is 0.181. The number of amides is 2. The lowest BCUT2D eigenvalue weighted by Crippen LogP contribution is -2.49. The number of fused-ring (bicyclic) bond motifs is 1. The second-order valence-corrected chi connectivity index (χ2v) is 6.37. The molecule has 0 fully saturated rings. The number of ether oxygens (including phenoxy) is 1. The molecule has 9 heteroatoms. The lowest BCUT2D eigenvalue weighted by molar-refractivity contribution is -0.142. The van der Waals surface area contributed by atoms with Gasteiger partial charge in [-0.15, -0.1) is 0 Å². The molecule has 0 aliphatic carbocycles. The molecule has 1 unspecified atom stereocenters. The van der Waals surface area contributed by atoms with Gasteiger partial charge in [0.25, 0.3) is 5.91 Å². The van der Waals surface area contributed by atoms with Gasteiger partial charge in [-0.1, -0.05) is 18.2 Å². The highest BCUT2D eigenvalue weighted by atomic mass is 16.5. The van der Waals surface area contributed by atoms with Gasteiger partial charge in [0.05, 0.1) is 18.0 Å². The molecule has 0 radical (unpaired) electrons. The molecule has 1 heterocycles. The number of esters is 1. The number of benzene rings is 1. The van der Waals surface area contributed by atoms with Crippen molar-refractivity contribution in [2.45, 2.75) is 20.0 Å². The highest BCUT2D eigenvalue weighted by Gasteiger charge is 2.34. The summed E-state index contributed by atoms with van der Waals surface area (Å²) < 4.78 is 4.98. The van der Waals surface area contributed by atoms with E-state index in [-0.39, 0.29) is 13.2 Å². The van der Waals surface area contributed by atoms with Crippen LogP contribution >= 0.6 is 0 Å². The molecule has 1 aromatic carbocycles. The van der Waals surface area contributed by atoms with E-state index in [1.54, 1.807) is 13.0 Å². The first-order valence-electron chi connectivity index (χ1n) is 8.52. The number of likely N-dealkylation sites (N-methyl/N-ethyl adjacent to an activating group) is 1. The fraction of sp³-hybridized carbons (Fsp3) is 0.444. The van der Waals surface area contributed by atoms with Gasteiger partial charge < -0.3 is 14.7 Å². The van der Waals surface area contributed by atoms with Crippen molar-refractivity contribution in [3.63, 3.8) is 0 Å². The van der Waals surface area contributed by atoms with E-state index in [2.05, 4.69) is 10.3 Å². The number of aryl methyl sites for hydroxylation is 1. The van der Waals surface area contributed by atoms with Crippen LogP contribution in [0.4, 0.5) is 10.5 Å². The van der Waals surface area contributed by atoms with Crippen molar-refractivity contribution in [2.75, 3.05) is 38.7 Å². The summed E-state index contributed by atoms with van der Waals surface area (Å²) in [6, 6.07) is 5.46. The maximum absolute atomic E-state index is 13.0. The molecule has 146 valence electrons. The van der Waals surface area contributed by atoms with E-state index in [1.807, 2.05) is 38.1 Å². The van der Waals surface area contributed by atoms with Crippen LogP contribution in [-0.4, -0.2) is 73.6 Å². The maximum Gasteiger partial charge on any atom is 0.406 e. The normalized spacial score (nSPS) is 16.5. The second kappa shape index (κ2) is 8.63. The van der Waals surface area contributed by atoms with E-state index in [0.717, 1.165) is 5.56 Å². The number of hydrogen-bond acceptors (Lipinski definition) is 6. The van der Waals surface area contributed by atoms with E-state index in [0.29, 0.717) is 23.5 Å². The first-order valence-corrected chi connectivity index (χ1v) is 8.52. The third kappa shape index (κ3) is 4.82. The van der Waals surface area contributed by atoms with Gasteiger partial charge in [0.15, 0.2) is 0 Å². The van der Waals surface area contributed by atoms with Crippen molar-refractivity contribution in [3.8, 4) is 0 Å². The summed E-state index contributed by atoms with van der Waals surface area (Å²) in [5.74, 6) is -1.21. The summed E-state index contributed by atoms with van der Waals surface area (Å²) in [5.41, 5.74) is 2.53. The predicted octanol–water partition coefficient (Wildman–Crippen LogP) is 0.849. The number of carboxylic acid groups (broad SMARTS) is 1. The molecule has 9 nitrogen and oxygen atoms in total. The van der Waals surface area contributed by atoms with Gasteiger partial charge in [-0.25, -0.2) is 4.79 Å². The van der Waals surface area contributed by atoms with Crippen LogP contribution < -0.4 is 10.2 Å². The van der Waals surface area contributed by atoms with Crippen molar-refractivity contribution >= 4 is 29.4 Å². The third-order valence-electron chi connectivity index (χ3n) is 3.92. The lowest BCUT2D eigenvalue weighted by Gasteiger charge is -2.25. The number of carbonyl (C=O) groups is 3. The van der Waals surface area contributed by atoms with Crippen LogP contribution in [0, 0.1) is 6.92 Å². The summed E-state index contributed by atoms with van der Waals surface area (Å²) in [6.07, 6.45) is -2.72. The molecule has 1 atom stereocenters. The standard InChI is InChI=1S/C18H24N4O5/c1-5-27-14(23)10-22-15-11(2)7-6-8-12(15)13(9-21(3)4)19-16(17(22)24)20-18(25)26/h6-8,16,20H,5,9-10H2,1-4H3,(H,25,26). The Morgan fingerprint density at radius 2 is 2.07 bits per heavy atom. The Balaban J connectivity index is 2.60. The van der Waals surface area contributed by atoms with Gasteiger partial charge in [0.1, 0.15) is 6.54 Å². The van der Waals surface area contributed by atoms with E-state index in [1.165, 1.54) is 4.90 Å². The molecule has 1 aromatic rings. The zero-order valence-corrected chi connectivity index (χ0v) is 15.9. The van der Waals surface area contributed by atoms with Crippen LogP contribution in [0.3, 0.4) is 0 Å². The number of rotatable bonds is 6. The fourth-order valence-electron chi connectivity index (χ4n) is 2.92. The smallest absolute Gasteiger partial charge is 0.406 e. The molecule has 1 aliphatic rings. The van der Waals surface area contributed by atoms with E-state index in [4.69, 9.17) is 9.84 Å². The van der Waals surface area contributed by atoms with E-state index in [9.17, 15) is 14.4 Å². The van der Waals surface area contributed by atoms with E-state index < -0.39 is 24.1 Å². The van der Waals surface area contributed by atoms with Crippen LogP contribution in [0.2, 0.25) is 0 Å². The second-order valence-electron chi connectivity index (χ2n) is 6.37. The molecule has 2 N–H and O–H groups in total. The van der Waals surface area contributed by atoms with Crippen molar-refractivity contribution in [3.05, 3.63) is 29.3 Å². The predicted molar refractivity (Wildman–Crippen MR) is 100 cm³/mol. The highest BCUT2D eigenvalue weighted by molar-refractivity contribution is 6.15. The summed E-state index contributed by atoms with van der Waals surface area (Å²) in [6.45, 7) is 3.75. The van der Waals surface area contributed by atoms with Gasteiger partial charge in [-0.3, -0.25) is 24.8 Å². The van der Waals surface area contributed by atoms with Gasteiger partial charge in [-0.05, 0) is 33.5 Å². The Hall–Kier alpha value is -2.94. The summed E-state index contributed by atoms with van der Waals surface area (Å²) in [7, 11) is 3.70. The fourth-order valence-corrected chi connectivity index (χ4v) is 2.92. The first kappa shape index (κ1) is 20.4. The minimum atomic E-state index is -1.37. The number of carbonyl (C=O) groups excluding carboxylic acids is 2. The zero-order valence-electron chi connectivity index (χ0n) is 15.9. The number of benzodiazepines with no additional fused rings is 1. The van der Waals surface area contributed by atoms with Crippen LogP contribution in [0.1, 0.15) is 18.1 Å². The number of nitrogens with one attached hydrogen (secondary N) is 1. The summed E-state index contributed by atoms with van der Waals surface area (Å²) >= 11 is 0. The monoisotopic (exact) mass is 376 g/mol. The van der Waals surface area contributed by atoms with E-state index >= 15 is 0 Å². The largest absolute Gasteiger partial charge is 0.465 e. The molecular formula is C18H24N4O5. The quantitative estimate of drug-likeness (QED) is 0.712. The van der Waals surface area contributed by atoms with Gasteiger partial charge in [0.2, 0.25) is 6.17 Å². The van der Waals surface area contributed by atoms with Crippen molar-refractivity contribution in [2.24, 2.45) is 4.99 Å². The maximum atomic E-state index is 13.0. The first-order chi connectivity index (χ1) is 12.7. The van der Waals surface area contributed by atoms with Crippen molar-refractivity contribution in [1.29, 1.82) is 0 Å². The van der Waals surface area contributed by atoms with Crippen LogP contribution in [0.15, 0.2) is 23.2 Å². The molecule has 27 heavy (non-hydrogen) atoms. The molecule has 0 saturated heterocycles. The Morgan fingerprint density at radius 3 is 2.67 bits per heavy atom. The molecule has 0 saturated carbocycles. The molecule has 2 amide bonds. The number of aliphatic imine (C=N–C) groups is 1. The molecule has 1 aliphatic heterocycles. The van der Waals surface area contributed by atoms with Crippen molar-refractivity contribution < 1.29 is 24.2 Å². The Bertz CT molecular complexity index is 775. The molecule has 0 spiro atoms. The Kier molecular flexibility index (Phi) is 6.51. The number of nitrogens with zero attached hydrogens (tertiary/aromatic N) is 3. The topological polar surface area (TPSA) is 112 Å². The van der Waals surface area contributed by atoms with Crippen LogP contribution in [0.5, 0.6) is 0 Å². The van der Waals surface area contributed by atoms with Gasteiger partial charge >= 0.3 is 12.1 Å². The van der Waals surface area contributed by atoms with Crippen LogP contribution in [-0.2, 0) is 14.3 Å². The summed E-state index contributed by atoms with van der Waals surface area (Å²) in [4.78, 5) is 43.8. The molecule has 0 bridgehead atoms. The summed E-state index contributed by atoms with van der Waals surface area (Å²) in [5, 5.41) is 11.2. The Morgan fingerprint density at radius 1 is 1.37 bits per heavy atom. The molecule has 0 aromatic heterocycles. The zero-order chi connectivity index (χ0) is 20.1. The molecular weight excluding hydrogens is 352 g/mol. The van der Waals surface area contributed by atoms with Gasteiger partial charge in [0, 0.05) is 12.1 Å². The average molecular weight is 376 g/mol. The number of anilines is 1.